The topological polar surface area (TPSA) is 9.23 Å². The van der Waals surface area contributed by atoms with Crippen LogP contribution in [-0.2, 0) is 22.9 Å². The molecule has 0 unspecified atom stereocenters. The van der Waals surface area contributed by atoms with Crippen molar-refractivity contribution < 1.29 is 4.43 Å². The first-order chi connectivity index (χ1) is 10.7. The lowest BCUT2D eigenvalue weighted by Crippen LogP contribution is -2.49. The Labute approximate surface area is 141 Å². The van der Waals surface area contributed by atoms with Crippen molar-refractivity contribution in [1.29, 1.82) is 0 Å². The van der Waals surface area contributed by atoms with Crippen molar-refractivity contribution in [3.8, 4) is 0 Å². The lowest BCUT2D eigenvalue weighted by Gasteiger charge is -2.44. The molecule has 0 N–H and O–H groups in total. The van der Waals surface area contributed by atoms with Crippen LogP contribution >= 0.6 is 0 Å². The van der Waals surface area contributed by atoms with E-state index in [0.29, 0.717) is 0 Å². The fraction of sp³-hybridized carbons (Fsp3) is 0.429. The quantitative estimate of drug-likeness (QED) is 0.658. The number of hydrogen-bond acceptors (Lipinski definition) is 1. The van der Waals surface area contributed by atoms with Crippen molar-refractivity contribution in [1.82, 2.24) is 0 Å². The maximum Gasteiger partial charge on any atom is 0.193 e. The van der Waals surface area contributed by atoms with Gasteiger partial charge in [0, 0.05) is 12.8 Å². The predicted octanol–water partition coefficient (Wildman–Crippen LogP) is 5.70. The molecule has 23 heavy (non-hydrogen) atoms. The third kappa shape index (κ3) is 3.02. The average Bonchev–Trinajstić information content (AvgIpc) is 2.85. The minimum absolute atomic E-state index is 0.200. The molecule has 122 valence electrons. The summed E-state index contributed by atoms with van der Waals surface area (Å²) in [6.45, 7) is 11.7. The van der Waals surface area contributed by atoms with Gasteiger partial charge in [0.1, 0.15) is 0 Å². The molecule has 0 aliphatic heterocycles. The maximum atomic E-state index is 7.06. The lowest BCUT2D eigenvalue weighted by atomic mass is 9.91. The molecular weight excluding hydrogens is 296 g/mol. The smallest absolute Gasteiger partial charge is 0.193 e. The predicted molar refractivity (Wildman–Crippen MR) is 100 cm³/mol. The Kier molecular flexibility index (Phi) is 4.02. The van der Waals surface area contributed by atoms with E-state index in [9.17, 15) is 0 Å². The zero-order chi connectivity index (χ0) is 16.7. The molecule has 0 saturated heterocycles. The Morgan fingerprint density at radius 2 is 1.30 bits per heavy atom. The van der Waals surface area contributed by atoms with Crippen LogP contribution in [0.25, 0.3) is 0 Å². The van der Waals surface area contributed by atoms with Crippen LogP contribution in [0.15, 0.2) is 54.6 Å². The molecule has 0 bridgehead atoms. The Bertz CT molecular complexity index is 657. The summed E-state index contributed by atoms with van der Waals surface area (Å²) in [5, 5.41) is 0.212. The first-order valence-corrected chi connectivity index (χ1v) is 11.5. The molecule has 1 nitrogen and oxygen atoms in total. The summed E-state index contributed by atoms with van der Waals surface area (Å²) in [5.41, 5.74) is 4.00. The summed E-state index contributed by atoms with van der Waals surface area (Å²) < 4.78 is 7.06. The molecule has 2 heteroatoms. The van der Waals surface area contributed by atoms with E-state index in [2.05, 4.69) is 88.5 Å². The van der Waals surface area contributed by atoms with Gasteiger partial charge in [0.25, 0.3) is 0 Å². The molecule has 0 amide bonds. The minimum atomic E-state index is -1.86. The number of fused-ring (bicyclic) bond motifs is 1. The Morgan fingerprint density at radius 3 is 1.78 bits per heavy atom. The summed E-state index contributed by atoms with van der Waals surface area (Å²) in [7, 11) is -1.86. The van der Waals surface area contributed by atoms with Gasteiger partial charge >= 0.3 is 0 Å². The molecular formula is C21H28OSi. The molecule has 3 rings (SSSR count). The summed E-state index contributed by atoms with van der Waals surface area (Å²) in [6, 6.07) is 19.6. The van der Waals surface area contributed by atoms with Crippen LogP contribution in [0.3, 0.4) is 0 Å². The molecule has 0 spiro atoms. The van der Waals surface area contributed by atoms with E-state index >= 15 is 0 Å². The van der Waals surface area contributed by atoms with E-state index in [1.807, 2.05) is 0 Å². The van der Waals surface area contributed by atoms with E-state index in [0.717, 1.165) is 12.8 Å². The highest BCUT2D eigenvalue weighted by atomic mass is 28.4. The summed E-state index contributed by atoms with van der Waals surface area (Å²) in [5.74, 6) is 0. The molecule has 2 aromatic rings. The van der Waals surface area contributed by atoms with Crippen LogP contribution in [0.5, 0.6) is 0 Å². The van der Waals surface area contributed by atoms with Crippen LogP contribution in [0.2, 0.25) is 18.1 Å². The fourth-order valence-electron chi connectivity index (χ4n) is 3.30. The van der Waals surface area contributed by atoms with Gasteiger partial charge in [-0.1, -0.05) is 75.4 Å². The monoisotopic (exact) mass is 324 g/mol. The van der Waals surface area contributed by atoms with E-state index < -0.39 is 8.32 Å². The van der Waals surface area contributed by atoms with Crippen molar-refractivity contribution in [3.05, 3.63) is 71.3 Å². The molecule has 0 radical (unpaired) electrons. The standard InChI is InChI=1S/C21H28OSi/c1-20(2,3)23(4,5)22-21(19-13-7-6-8-14-19)15-17-11-9-10-12-18(17)16-21/h6-14H,15-16H2,1-5H3. The van der Waals surface area contributed by atoms with Crippen LogP contribution < -0.4 is 0 Å². The first-order valence-electron chi connectivity index (χ1n) is 8.56. The van der Waals surface area contributed by atoms with E-state index in [-0.39, 0.29) is 10.6 Å². The fourth-order valence-corrected chi connectivity index (χ4v) is 4.84. The highest BCUT2D eigenvalue weighted by Gasteiger charge is 2.48. The van der Waals surface area contributed by atoms with Gasteiger partial charge in [-0.05, 0) is 34.8 Å². The zero-order valence-corrected chi connectivity index (χ0v) is 16.0. The third-order valence-electron chi connectivity index (χ3n) is 5.63. The van der Waals surface area contributed by atoms with Crippen molar-refractivity contribution >= 4 is 8.32 Å². The Hall–Kier alpha value is -1.38. The van der Waals surface area contributed by atoms with Gasteiger partial charge in [-0.2, -0.15) is 0 Å². The van der Waals surface area contributed by atoms with Crippen LogP contribution in [0.1, 0.15) is 37.5 Å². The first kappa shape index (κ1) is 16.5. The van der Waals surface area contributed by atoms with Crippen molar-refractivity contribution in [2.45, 2.75) is 57.3 Å². The van der Waals surface area contributed by atoms with Gasteiger partial charge in [0.05, 0.1) is 5.60 Å². The second-order valence-corrected chi connectivity index (χ2v) is 13.1. The maximum absolute atomic E-state index is 7.06. The highest BCUT2D eigenvalue weighted by Crippen LogP contribution is 2.47. The summed E-state index contributed by atoms with van der Waals surface area (Å²) in [6.07, 6.45) is 1.97. The third-order valence-corrected chi connectivity index (χ3v) is 10.1. The average molecular weight is 325 g/mol. The van der Waals surface area contributed by atoms with Gasteiger partial charge in [0.15, 0.2) is 8.32 Å². The number of rotatable bonds is 3. The Morgan fingerprint density at radius 1 is 0.826 bits per heavy atom. The molecule has 2 aromatic carbocycles. The lowest BCUT2D eigenvalue weighted by molar-refractivity contribution is 0.0608. The normalized spacial score (nSPS) is 17.1. The zero-order valence-electron chi connectivity index (χ0n) is 15.0. The minimum Gasteiger partial charge on any atom is -0.407 e. The van der Waals surface area contributed by atoms with Gasteiger partial charge in [-0.3, -0.25) is 0 Å². The van der Waals surface area contributed by atoms with Crippen LogP contribution in [0, 0.1) is 0 Å². The molecule has 0 heterocycles. The van der Waals surface area contributed by atoms with Gasteiger partial charge < -0.3 is 4.43 Å². The van der Waals surface area contributed by atoms with E-state index in [1.165, 1.54) is 16.7 Å². The van der Waals surface area contributed by atoms with Crippen molar-refractivity contribution in [3.63, 3.8) is 0 Å². The molecule has 0 saturated carbocycles. The van der Waals surface area contributed by atoms with Crippen LogP contribution in [-0.4, -0.2) is 8.32 Å². The molecule has 1 aliphatic carbocycles. The SMILES string of the molecule is CC(C)(C)[Si](C)(C)OC1(c2ccccc2)Cc2ccccc2C1. The molecule has 0 aromatic heterocycles. The second kappa shape index (κ2) is 5.61. The van der Waals surface area contributed by atoms with Crippen LogP contribution in [0.4, 0.5) is 0 Å². The van der Waals surface area contributed by atoms with Gasteiger partial charge in [0.2, 0.25) is 0 Å². The van der Waals surface area contributed by atoms with Gasteiger partial charge in [-0.15, -0.1) is 0 Å². The largest absolute Gasteiger partial charge is 0.407 e. The second-order valence-electron chi connectivity index (χ2n) is 8.34. The van der Waals surface area contributed by atoms with Gasteiger partial charge in [-0.25, -0.2) is 0 Å². The van der Waals surface area contributed by atoms with E-state index in [4.69, 9.17) is 4.43 Å². The summed E-state index contributed by atoms with van der Waals surface area (Å²) in [4.78, 5) is 0. The Balaban J connectivity index is 2.04. The molecule has 1 aliphatic rings. The highest BCUT2D eigenvalue weighted by molar-refractivity contribution is 6.74. The number of benzene rings is 2. The van der Waals surface area contributed by atoms with Crippen molar-refractivity contribution in [2.24, 2.45) is 0 Å². The van der Waals surface area contributed by atoms with E-state index in [1.54, 1.807) is 0 Å². The molecule has 0 atom stereocenters. The molecule has 0 fully saturated rings. The number of hydrogen-bond donors (Lipinski definition) is 0. The summed E-state index contributed by atoms with van der Waals surface area (Å²) >= 11 is 0. The van der Waals surface area contributed by atoms with Crippen molar-refractivity contribution in [2.75, 3.05) is 0 Å².